The van der Waals surface area contributed by atoms with Crippen LogP contribution in [0.2, 0.25) is 0 Å². The van der Waals surface area contributed by atoms with Crippen molar-refractivity contribution in [1.82, 2.24) is 0 Å². The summed E-state index contributed by atoms with van der Waals surface area (Å²) in [5.41, 5.74) is 1.38. The van der Waals surface area contributed by atoms with Gasteiger partial charge in [-0.25, -0.2) is 4.79 Å². The Morgan fingerprint density at radius 2 is 1.81 bits per heavy atom. The summed E-state index contributed by atoms with van der Waals surface area (Å²) in [7, 11) is 1.29. The molecule has 1 fully saturated rings. The lowest BCUT2D eigenvalue weighted by Gasteiger charge is -2.14. The van der Waals surface area contributed by atoms with Gasteiger partial charge in [0, 0.05) is 4.88 Å². The number of nitrogens with one attached hydrogen (secondary N) is 1. The summed E-state index contributed by atoms with van der Waals surface area (Å²) in [6.45, 7) is 3.26. The van der Waals surface area contributed by atoms with Gasteiger partial charge < -0.3 is 14.8 Å². The van der Waals surface area contributed by atoms with E-state index in [0.717, 1.165) is 16.0 Å². The molecule has 0 radical (unpaired) electrons. The summed E-state index contributed by atoms with van der Waals surface area (Å²) in [5, 5.41) is 3.06. The third kappa shape index (κ3) is 3.73. The minimum absolute atomic E-state index is 0.336. The molecule has 0 saturated heterocycles. The summed E-state index contributed by atoms with van der Waals surface area (Å²) in [6.07, 6.45) is 1.43. The molecule has 0 aliphatic heterocycles. The van der Waals surface area contributed by atoms with Crippen molar-refractivity contribution >= 4 is 34.2 Å². The number of hydrogen-bond donors (Lipinski definition) is 1. The van der Waals surface area contributed by atoms with E-state index < -0.39 is 29.9 Å². The van der Waals surface area contributed by atoms with Gasteiger partial charge in [0.25, 0.3) is 5.91 Å². The number of methoxy groups -OCH3 is 1. The lowest BCUT2D eigenvalue weighted by molar-refractivity contribution is -0.150. The molecular weight excluding hydrogens is 366 g/mol. The highest BCUT2D eigenvalue weighted by Crippen LogP contribution is 2.49. The average Bonchev–Trinajstić information content (AvgIpc) is 3.43. The molecule has 0 atom stereocenters. The summed E-state index contributed by atoms with van der Waals surface area (Å²) >= 11 is 1.29. The van der Waals surface area contributed by atoms with Crippen LogP contribution in [0.1, 0.15) is 39.2 Å². The first-order valence-corrected chi connectivity index (χ1v) is 9.41. The number of carbonyl (C=O) groups is 3. The van der Waals surface area contributed by atoms with E-state index in [1.165, 1.54) is 18.4 Å². The van der Waals surface area contributed by atoms with E-state index in [4.69, 9.17) is 9.47 Å². The van der Waals surface area contributed by atoms with Crippen LogP contribution in [0.3, 0.4) is 0 Å². The van der Waals surface area contributed by atoms with Gasteiger partial charge in [0.05, 0.1) is 18.1 Å². The molecule has 1 saturated carbocycles. The van der Waals surface area contributed by atoms with E-state index in [2.05, 4.69) is 5.32 Å². The number of esters is 2. The molecule has 1 aromatic heterocycles. The zero-order valence-electron chi connectivity index (χ0n) is 15.5. The highest BCUT2D eigenvalue weighted by Gasteiger charge is 2.52. The Labute approximate surface area is 161 Å². The zero-order valence-corrected chi connectivity index (χ0v) is 16.3. The molecule has 3 rings (SSSR count). The van der Waals surface area contributed by atoms with E-state index in [0.29, 0.717) is 23.4 Å². The maximum atomic E-state index is 12.5. The maximum absolute atomic E-state index is 12.5. The fourth-order valence-electron chi connectivity index (χ4n) is 2.99. The normalized spacial score (nSPS) is 14.3. The van der Waals surface area contributed by atoms with Gasteiger partial charge in [-0.05, 0) is 37.8 Å². The monoisotopic (exact) mass is 387 g/mol. The van der Waals surface area contributed by atoms with Crippen LogP contribution in [0.5, 0.6) is 0 Å². The van der Waals surface area contributed by atoms with Crippen LogP contribution in [0, 0.1) is 13.8 Å². The van der Waals surface area contributed by atoms with Crippen molar-refractivity contribution in [1.29, 1.82) is 0 Å². The van der Waals surface area contributed by atoms with Gasteiger partial charge in [-0.1, -0.05) is 30.3 Å². The second kappa shape index (κ2) is 7.52. The van der Waals surface area contributed by atoms with Gasteiger partial charge in [-0.2, -0.15) is 0 Å². The third-order valence-corrected chi connectivity index (χ3v) is 5.95. The van der Waals surface area contributed by atoms with Gasteiger partial charge in [-0.3, -0.25) is 9.59 Å². The second-order valence-electron chi connectivity index (χ2n) is 6.55. The van der Waals surface area contributed by atoms with Crippen LogP contribution >= 0.6 is 11.3 Å². The molecule has 1 aromatic carbocycles. The van der Waals surface area contributed by atoms with Crippen LogP contribution in [-0.4, -0.2) is 31.6 Å². The van der Waals surface area contributed by atoms with E-state index in [-0.39, 0.29) is 0 Å². The SMILES string of the molecule is COC(=O)c1c(NC(=O)COC(=O)C2(c3ccccc3)CC2)sc(C)c1C. The fourth-order valence-corrected chi connectivity index (χ4v) is 4.05. The van der Waals surface area contributed by atoms with Gasteiger partial charge in [-0.15, -0.1) is 11.3 Å². The van der Waals surface area contributed by atoms with Crippen molar-refractivity contribution in [3.05, 3.63) is 51.9 Å². The largest absolute Gasteiger partial charge is 0.465 e. The number of ether oxygens (including phenoxy) is 2. The molecule has 1 aliphatic carbocycles. The quantitative estimate of drug-likeness (QED) is 0.769. The number of carbonyl (C=O) groups excluding carboxylic acids is 3. The van der Waals surface area contributed by atoms with Crippen molar-refractivity contribution < 1.29 is 23.9 Å². The lowest BCUT2D eigenvalue weighted by Crippen LogP contribution is -2.28. The molecule has 6 nitrogen and oxygen atoms in total. The summed E-state index contributed by atoms with van der Waals surface area (Å²) in [6, 6.07) is 9.45. The predicted molar refractivity (Wildman–Crippen MR) is 102 cm³/mol. The molecule has 2 aromatic rings. The number of thiophene rings is 1. The summed E-state index contributed by atoms with van der Waals surface area (Å²) in [5.74, 6) is -1.39. The van der Waals surface area contributed by atoms with Gasteiger partial charge in [0.15, 0.2) is 6.61 Å². The Hall–Kier alpha value is -2.67. The number of rotatable bonds is 6. The molecule has 142 valence electrons. The first kappa shape index (κ1) is 19.1. The molecule has 7 heteroatoms. The smallest absolute Gasteiger partial charge is 0.341 e. The molecule has 27 heavy (non-hydrogen) atoms. The third-order valence-electron chi connectivity index (χ3n) is 4.83. The zero-order chi connectivity index (χ0) is 19.6. The van der Waals surface area contributed by atoms with Crippen LogP contribution in [0.15, 0.2) is 30.3 Å². The van der Waals surface area contributed by atoms with Gasteiger partial charge in [0.1, 0.15) is 5.00 Å². The second-order valence-corrected chi connectivity index (χ2v) is 7.78. The van der Waals surface area contributed by atoms with Crippen LogP contribution in [-0.2, 0) is 24.5 Å². The Bertz CT molecular complexity index is 883. The molecule has 1 N–H and O–H groups in total. The molecule has 0 spiro atoms. The van der Waals surface area contributed by atoms with Crippen molar-refractivity contribution in [3.8, 4) is 0 Å². The van der Waals surface area contributed by atoms with Crippen LogP contribution in [0.4, 0.5) is 5.00 Å². The average molecular weight is 387 g/mol. The molecule has 1 heterocycles. The van der Waals surface area contributed by atoms with Crippen molar-refractivity contribution in [2.75, 3.05) is 19.0 Å². The number of aryl methyl sites for hydroxylation is 1. The predicted octanol–water partition coefficient (Wildman–Crippen LogP) is 3.37. The van der Waals surface area contributed by atoms with E-state index in [1.807, 2.05) is 37.3 Å². The Kier molecular flexibility index (Phi) is 5.32. The number of anilines is 1. The Balaban J connectivity index is 1.64. The van der Waals surface area contributed by atoms with Crippen LogP contribution < -0.4 is 5.32 Å². The highest BCUT2D eigenvalue weighted by molar-refractivity contribution is 7.16. The summed E-state index contributed by atoms with van der Waals surface area (Å²) in [4.78, 5) is 37.6. The van der Waals surface area contributed by atoms with Crippen molar-refractivity contribution in [3.63, 3.8) is 0 Å². The number of amides is 1. The minimum Gasteiger partial charge on any atom is -0.465 e. The topological polar surface area (TPSA) is 81.7 Å². The Morgan fingerprint density at radius 1 is 1.15 bits per heavy atom. The van der Waals surface area contributed by atoms with Crippen molar-refractivity contribution in [2.45, 2.75) is 32.1 Å². The standard InChI is InChI=1S/C20H21NO5S/c1-12-13(2)27-17(16(12)18(23)25-3)21-15(22)11-26-19(24)20(9-10-20)14-7-5-4-6-8-14/h4-8H,9-11H2,1-3H3,(H,21,22). The Morgan fingerprint density at radius 3 is 2.41 bits per heavy atom. The first-order valence-electron chi connectivity index (χ1n) is 8.60. The number of hydrogen-bond acceptors (Lipinski definition) is 6. The minimum atomic E-state index is -0.630. The summed E-state index contributed by atoms with van der Waals surface area (Å²) < 4.78 is 10.0. The van der Waals surface area contributed by atoms with E-state index in [9.17, 15) is 14.4 Å². The highest BCUT2D eigenvalue weighted by atomic mass is 32.1. The van der Waals surface area contributed by atoms with E-state index >= 15 is 0 Å². The molecule has 0 unspecified atom stereocenters. The maximum Gasteiger partial charge on any atom is 0.341 e. The molecule has 1 aliphatic rings. The van der Waals surface area contributed by atoms with Crippen molar-refractivity contribution in [2.24, 2.45) is 0 Å². The van der Waals surface area contributed by atoms with E-state index in [1.54, 1.807) is 6.92 Å². The lowest BCUT2D eigenvalue weighted by atomic mass is 9.96. The first-order chi connectivity index (χ1) is 12.9. The molecule has 0 bridgehead atoms. The van der Waals surface area contributed by atoms with Gasteiger partial charge in [0.2, 0.25) is 0 Å². The fraction of sp³-hybridized carbons (Fsp3) is 0.350. The molecular formula is C20H21NO5S. The number of benzene rings is 1. The van der Waals surface area contributed by atoms with Gasteiger partial charge >= 0.3 is 11.9 Å². The van der Waals surface area contributed by atoms with Crippen LogP contribution in [0.25, 0.3) is 0 Å². The molecule has 1 amide bonds.